The number of rotatable bonds is 6. The fourth-order valence-electron chi connectivity index (χ4n) is 2.04. The topological polar surface area (TPSA) is 47.6 Å². The fraction of sp³-hybridized carbons (Fsp3) is 0.235. The minimum Gasteiger partial charge on any atom is -0.489 e. The third-order valence-corrected chi connectivity index (χ3v) is 3.22. The maximum absolute atomic E-state index is 13.2. The zero-order valence-corrected chi connectivity index (χ0v) is 13.5. The first-order chi connectivity index (χ1) is 12.2. The predicted molar refractivity (Wildman–Crippen MR) is 83.1 cm³/mol. The van der Waals surface area contributed by atoms with Gasteiger partial charge in [-0.25, -0.2) is 8.78 Å². The molecule has 1 amide bonds. The molecule has 1 N–H and O–H groups in total. The van der Waals surface area contributed by atoms with Crippen LogP contribution >= 0.6 is 0 Å². The van der Waals surface area contributed by atoms with Crippen molar-refractivity contribution in [3.05, 3.63) is 59.2 Å². The van der Waals surface area contributed by atoms with Gasteiger partial charge in [0.05, 0.1) is 17.9 Å². The molecule has 0 atom stereocenters. The van der Waals surface area contributed by atoms with E-state index in [2.05, 4.69) is 5.32 Å². The van der Waals surface area contributed by atoms with E-state index in [1.807, 2.05) is 0 Å². The van der Waals surface area contributed by atoms with E-state index in [4.69, 9.17) is 9.47 Å². The number of hydrogen-bond acceptors (Lipinski definition) is 3. The van der Waals surface area contributed by atoms with Crippen molar-refractivity contribution in [1.29, 1.82) is 0 Å². The van der Waals surface area contributed by atoms with Crippen LogP contribution in [0.2, 0.25) is 0 Å². The van der Waals surface area contributed by atoms with Crippen molar-refractivity contribution in [2.75, 3.05) is 25.6 Å². The molecule has 0 saturated carbocycles. The number of benzene rings is 2. The van der Waals surface area contributed by atoms with Crippen molar-refractivity contribution in [3.63, 3.8) is 0 Å². The van der Waals surface area contributed by atoms with Gasteiger partial charge in [0.25, 0.3) is 5.91 Å². The van der Waals surface area contributed by atoms with Crippen molar-refractivity contribution in [2.45, 2.75) is 6.18 Å². The molecule has 0 bridgehead atoms. The van der Waals surface area contributed by atoms with E-state index in [1.165, 1.54) is 7.11 Å². The van der Waals surface area contributed by atoms with E-state index >= 15 is 0 Å². The molecule has 26 heavy (non-hydrogen) atoms. The summed E-state index contributed by atoms with van der Waals surface area (Å²) in [6, 6.07) is 4.60. The maximum atomic E-state index is 13.2. The molecule has 9 heteroatoms. The van der Waals surface area contributed by atoms with E-state index in [1.54, 1.807) is 0 Å². The Bertz CT molecular complexity index is 772. The molecule has 140 valence electrons. The Morgan fingerprint density at radius 2 is 1.69 bits per heavy atom. The molecule has 0 aliphatic rings. The van der Waals surface area contributed by atoms with Crippen LogP contribution in [0.4, 0.5) is 27.6 Å². The molecular weight excluding hydrogens is 361 g/mol. The Kier molecular flexibility index (Phi) is 6.14. The first-order valence-corrected chi connectivity index (χ1v) is 7.31. The molecule has 0 fully saturated rings. The molecule has 2 aromatic rings. The molecule has 2 aromatic carbocycles. The van der Waals surface area contributed by atoms with Gasteiger partial charge in [-0.05, 0) is 30.3 Å². The Morgan fingerprint density at radius 3 is 2.27 bits per heavy atom. The van der Waals surface area contributed by atoms with Gasteiger partial charge in [-0.15, -0.1) is 0 Å². The highest BCUT2D eigenvalue weighted by molar-refractivity contribution is 6.05. The van der Waals surface area contributed by atoms with E-state index in [0.29, 0.717) is 12.1 Å². The molecular formula is C17H14F5NO3. The molecule has 0 heterocycles. The number of carbonyl (C=O) groups is 1. The molecule has 0 radical (unpaired) electrons. The van der Waals surface area contributed by atoms with Crippen molar-refractivity contribution in [1.82, 2.24) is 0 Å². The van der Waals surface area contributed by atoms with E-state index in [0.717, 1.165) is 24.3 Å². The average Bonchev–Trinajstić information content (AvgIpc) is 2.54. The molecule has 2 rings (SSSR count). The minimum atomic E-state index is -4.64. The van der Waals surface area contributed by atoms with Crippen LogP contribution in [0, 0.1) is 11.6 Å². The van der Waals surface area contributed by atoms with Crippen LogP contribution in [0.25, 0.3) is 0 Å². The molecule has 4 nitrogen and oxygen atoms in total. The summed E-state index contributed by atoms with van der Waals surface area (Å²) in [5, 5.41) is 2.18. The fourth-order valence-corrected chi connectivity index (χ4v) is 2.04. The highest BCUT2D eigenvalue weighted by Crippen LogP contribution is 2.35. The van der Waals surface area contributed by atoms with Crippen LogP contribution in [0.5, 0.6) is 5.75 Å². The van der Waals surface area contributed by atoms with E-state index in [9.17, 15) is 26.7 Å². The Morgan fingerprint density at radius 1 is 1.04 bits per heavy atom. The highest BCUT2D eigenvalue weighted by atomic mass is 19.4. The summed E-state index contributed by atoms with van der Waals surface area (Å²) in [4.78, 5) is 12.2. The normalized spacial score (nSPS) is 11.3. The summed E-state index contributed by atoms with van der Waals surface area (Å²) in [7, 11) is 1.41. The van der Waals surface area contributed by atoms with Gasteiger partial charge in [-0.3, -0.25) is 4.79 Å². The highest BCUT2D eigenvalue weighted by Gasteiger charge is 2.31. The molecule has 0 aliphatic heterocycles. The molecule has 0 saturated heterocycles. The van der Waals surface area contributed by atoms with Gasteiger partial charge in [-0.1, -0.05) is 0 Å². The third-order valence-electron chi connectivity index (χ3n) is 3.22. The van der Waals surface area contributed by atoms with Gasteiger partial charge >= 0.3 is 6.18 Å². The predicted octanol–water partition coefficient (Wildman–Crippen LogP) is 4.26. The number of alkyl halides is 3. The van der Waals surface area contributed by atoms with Crippen LogP contribution in [0.3, 0.4) is 0 Å². The largest absolute Gasteiger partial charge is 0.489 e. The van der Waals surface area contributed by atoms with E-state index in [-0.39, 0.29) is 30.2 Å². The summed E-state index contributed by atoms with van der Waals surface area (Å²) in [6.07, 6.45) is -4.64. The number of halogens is 5. The van der Waals surface area contributed by atoms with Gasteiger partial charge in [0.15, 0.2) is 0 Å². The maximum Gasteiger partial charge on any atom is 0.416 e. The van der Waals surface area contributed by atoms with Gasteiger partial charge in [0.1, 0.15) is 24.0 Å². The molecule has 0 unspecified atom stereocenters. The van der Waals surface area contributed by atoms with Crippen LogP contribution < -0.4 is 10.1 Å². The molecule has 0 spiro atoms. The average molecular weight is 375 g/mol. The van der Waals surface area contributed by atoms with Crippen LogP contribution in [-0.2, 0) is 10.9 Å². The van der Waals surface area contributed by atoms with Gasteiger partial charge in [-0.2, -0.15) is 13.2 Å². The second kappa shape index (κ2) is 8.13. The van der Waals surface area contributed by atoms with Crippen LogP contribution in [0.1, 0.15) is 15.9 Å². The molecule has 0 aliphatic carbocycles. The summed E-state index contributed by atoms with van der Waals surface area (Å²) in [6.45, 7) is 0.197. The second-order valence-corrected chi connectivity index (χ2v) is 5.16. The number of carbonyl (C=O) groups excluding carboxylic acids is 1. The van der Waals surface area contributed by atoms with Crippen LogP contribution in [-0.4, -0.2) is 26.2 Å². The minimum absolute atomic E-state index is 0.0271. The zero-order chi connectivity index (χ0) is 19.3. The number of amides is 1. The quantitative estimate of drug-likeness (QED) is 0.606. The Labute approximate surface area is 145 Å². The van der Waals surface area contributed by atoms with Crippen molar-refractivity contribution >= 4 is 11.6 Å². The SMILES string of the molecule is COCCOc1ccc(C(F)(F)F)cc1NC(=O)c1cc(F)cc(F)c1. The molecule has 0 aromatic heterocycles. The van der Waals surface area contributed by atoms with Crippen molar-refractivity contribution in [3.8, 4) is 5.75 Å². The Balaban J connectivity index is 2.32. The number of ether oxygens (including phenoxy) is 2. The van der Waals surface area contributed by atoms with Crippen LogP contribution in [0.15, 0.2) is 36.4 Å². The number of methoxy groups -OCH3 is 1. The lowest BCUT2D eigenvalue weighted by molar-refractivity contribution is -0.137. The van der Waals surface area contributed by atoms with Crippen molar-refractivity contribution in [2.24, 2.45) is 0 Å². The Hall–Kier alpha value is -2.68. The van der Waals surface area contributed by atoms with E-state index < -0.39 is 29.3 Å². The summed E-state index contributed by atoms with van der Waals surface area (Å²) in [5.41, 5.74) is -1.69. The number of nitrogens with one attached hydrogen (secondary N) is 1. The third kappa shape index (κ3) is 5.16. The first-order valence-electron chi connectivity index (χ1n) is 7.31. The lowest BCUT2D eigenvalue weighted by Gasteiger charge is -2.15. The summed E-state index contributed by atoms with van der Waals surface area (Å²) in [5.74, 6) is -3.01. The monoisotopic (exact) mass is 375 g/mol. The summed E-state index contributed by atoms with van der Waals surface area (Å²) < 4.78 is 75.2. The summed E-state index contributed by atoms with van der Waals surface area (Å²) >= 11 is 0. The van der Waals surface area contributed by atoms with Gasteiger partial charge in [0, 0.05) is 18.7 Å². The second-order valence-electron chi connectivity index (χ2n) is 5.16. The zero-order valence-electron chi connectivity index (χ0n) is 13.5. The number of anilines is 1. The number of hydrogen-bond donors (Lipinski definition) is 1. The lowest BCUT2D eigenvalue weighted by atomic mass is 10.1. The first kappa shape index (κ1) is 19.6. The van der Waals surface area contributed by atoms with Crippen molar-refractivity contribution < 1.29 is 36.2 Å². The van der Waals surface area contributed by atoms with Gasteiger partial charge in [0.2, 0.25) is 0 Å². The smallest absolute Gasteiger partial charge is 0.416 e. The standard InChI is InChI=1S/C17H14F5NO3/c1-25-4-5-26-15-3-2-11(17(20,21)22)8-14(15)23-16(24)10-6-12(18)9-13(19)7-10/h2-3,6-9H,4-5H2,1H3,(H,23,24). The lowest BCUT2D eigenvalue weighted by Crippen LogP contribution is -2.15. The van der Waals surface area contributed by atoms with Gasteiger partial charge < -0.3 is 14.8 Å².